The summed E-state index contributed by atoms with van der Waals surface area (Å²) in [6.07, 6.45) is 0.721. The molecule has 0 aliphatic heterocycles. The maximum Gasteiger partial charge on any atom is 0.408 e. The van der Waals surface area contributed by atoms with Crippen molar-refractivity contribution in [2.75, 3.05) is 5.75 Å². The average Bonchev–Trinajstić information content (AvgIpc) is 3.15. The van der Waals surface area contributed by atoms with Crippen molar-refractivity contribution in [1.29, 1.82) is 0 Å². The van der Waals surface area contributed by atoms with Gasteiger partial charge in [0.05, 0.1) is 12.0 Å². The van der Waals surface area contributed by atoms with Gasteiger partial charge in [-0.2, -0.15) is 4.98 Å². The lowest BCUT2D eigenvalue weighted by molar-refractivity contribution is -0.138. The van der Waals surface area contributed by atoms with Crippen molar-refractivity contribution in [2.24, 2.45) is 0 Å². The number of carboxylic acids is 1. The predicted octanol–water partition coefficient (Wildman–Crippen LogP) is 2.54. The summed E-state index contributed by atoms with van der Waals surface area (Å²) in [5, 5.41) is 15.3. The number of nitrogens with one attached hydrogen (secondary N) is 1. The van der Waals surface area contributed by atoms with Crippen LogP contribution in [0.5, 0.6) is 0 Å². The molecule has 2 aromatic heterocycles. The number of carbonyl (C=O) groups excluding carboxylic acids is 1. The Morgan fingerprint density at radius 1 is 1.44 bits per heavy atom. The second kappa shape index (κ2) is 8.06. The first-order valence-electron chi connectivity index (χ1n) is 7.41. The van der Waals surface area contributed by atoms with Gasteiger partial charge >= 0.3 is 12.1 Å². The number of carboxylic acid groups (broad SMARTS) is 1. The molecular weight excluding hydrogens is 350 g/mol. The average molecular weight is 369 g/mol. The summed E-state index contributed by atoms with van der Waals surface area (Å²) in [6.45, 7) is 5.09. The fraction of sp³-hybridized carbons (Fsp3) is 0.467. The van der Waals surface area contributed by atoms with Crippen LogP contribution in [0.25, 0.3) is 11.6 Å². The largest absolute Gasteiger partial charge is 0.480 e. The van der Waals surface area contributed by atoms with E-state index < -0.39 is 23.7 Å². The fourth-order valence-electron chi connectivity index (χ4n) is 1.71. The number of aromatic nitrogens is 2. The summed E-state index contributed by atoms with van der Waals surface area (Å²) in [5.74, 6) is 0.399. The number of hydrogen-bond donors (Lipinski definition) is 2. The molecule has 0 saturated heterocycles. The highest BCUT2D eigenvalue weighted by Crippen LogP contribution is 2.18. The molecule has 0 radical (unpaired) electrons. The lowest BCUT2D eigenvalue weighted by atomic mass is 10.2. The number of ether oxygens (including phenoxy) is 1. The molecule has 0 aliphatic rings. The van der Waals surface area contributed by atoms with Crippen molar-refractivity contribution in [3.8, 4) is 11.6 Å². The number of carbonyl (C=O) groups is 2. The summed E-state index contributed by atoms with van der Waals surface area (Å²) in [5.41, 5.74) is -0.702. The van der Waals surface area contributed by atoms with E-state index in [4.69, 9.17) is 13.7 Å². The summed E-state index contributed by atoms with van der Waals surface area (Å²) >= 11 is 1.24. The first-order chi connectivity index (χ1) is 11.7. The third-order valence-electron chi connectivity index (χ3n) is 2.71. The number of thioether (sulfide) groups is 1. The van der Waals surface area contributed by atoms with Crippen LogP contribution in [0.3, 0.4) is 0 Å². The summed E-state index contributed by atoms with van der Waals surface area (Å²) in [6, 6.07) is 2.32. The monoisotopic (exact) mass is 369 g/mol. The van der Waals surface area contributed by atoms with Gasteiger partial charge in [-0.05, 0) is 32.9 Å². The maximum atomic E-state index is 11.7. The smallest absolute Gasteiger partial charge is 0.408 e. The lowest BCUT2D eigenvalue weighted by Gasteiger charge is -2.21. The number of hydrogen-bond acceptors (Lipinski definition) is 8. The molecule has 10 heteroatoms. The molecular formula is C15H19N3O6S. The maximum absolute atomic E-state index is 11.7. The molecule has 1 unspecified atom stereocenters. The van der Waals surface area contributed by atoms with Crippen LogP contribution in [0.15, 0.2) is 27.3 Å². The van der Waals surface area contributed by atoms with Crippen LogP contribution in [0.1, 0.15) is 26.7 Å². The van der Waals surface area contributed by atoms with Crippen molar-refractivity contribution < 1.29 is 28.4 Å². The van der Waals surface area contributed by atoms with Crippen LogP contribution in [0.2, 0.25) is 0 Å². The minimum atomic E-state index is -1.15. The fourth-order valence-corrected chi connectivity index (χ4v) is 2.58. The van der Waals surface area contributed by atoms with Gasteiger partial charge in [0.2, 0.25) is 11.7 Å². The summed E-state index contributed by atoms with van der Waals surface area (Å²) < 4.78 is 15.3. The second-order valence-corrected chi connectivity index (χ2v) is 7.07. The Morgan fingerprint density at radius 2 is 2.20 bits per heavy atom. The molecule has 2 N–H and O–H groups in total. The zero-order chi connectivity index (χ0) is 18.4. The van der Waals surface area contributed by atoms with Crippen molar-refractivity contribution in [1.82, 2.24) is 15.5 Å². The Bertz CT molecular complexity index is 707. The van der Waals surface area contributed by atoms with Crippen molar-refractivity contribution in [2.45, 2.75) is 38.2 Å². The Hall–Kier alpha value is -2.49. The SMILES string of the molecule is CC(C)(C)OC(=O)NC(CSCc1nc(-c2ccco2)no1)C(=O)O. The van der Waals surface area contributed by atoms with Gasteiger partial charge in [-0.25, -0.2) is 9.59 Å². The minimum Gasteiger partial charge on any atom is -0.480 e. The zero-order valence-electron chi connectivity index (χ0n) is 14.0. The third-order valence-corrected chi connectivity index (χ3v) is 3.73. The Kier molecular flexibility index (Phi) is 6.07. The van der Waals surface area contributed by atoms with Crippen LogP contribution < -0.4 is 5.32 Å². The van der Waals surface area contributed by atoms with Crippen LogP contribution in [0, 0.1) is 0 Å². The molecule has 9 nitrogen and oxygen atoms in total. The van der Waals surface area contributed by atoms with Gasteiger partial charge in [0.15, 0.2) is 5.76 Å². The van der Waals surface area contributed by atoms with E-state index in [0.717, 1.165) is 0 Å². The number of rotatable bonds is 7. The van der Waals surface area contributed by atoms with E-state index in [1.807, 2.05) is 0 Å². The van der Waals surface area contributed by atoms with Crippen LogP contribution >= 0.6 is 11.8 Å². The van der Waals surface area contributed by atoms with Gasteiger partial charge in [-0.15, -0.1) is 11.8 Å². The van der Waals surface area contributed by atoms with E-state index in [-0.39, 0.29) is 5.75 Å². The van der Waals surface area contributed by atoms with E-state index in [2.05, 4.69) is 15.5 Å². The number of aliphatic carboxylic acids is 1. The Morgan fingerprint density at radius 3 is 2.80 bits per heavy atom. The number of nitrogens with zero attached hydrogens (tertiary/aromatic N) is 2. The van der Waals surface area contributed by atoms with E-state index in [1.165, 1.54) is 18.0 Å². The van der Waals surface area contributed by atoms with Crippen LogP contribution in [-0.4, -0.2) is 44.7 Å². The second-order valence-electron chi connectivity index (χ2n) is 6.04. The van der Waals surface area contributed by atoms with Gasteiger partial charge in [-0.3, -0.25) is 0 Å². The molecule has 136 valence electrons. The van der Waals surface area contributed by atoms with E-state index >= 15 is 0 Å². The molecule has 2 aromatic rings. The zero-order valence-corrected chi connectivity index (χ0v) is 14.8. The first-order valence-corrected chi connectivity index (χ1v) is 8.56. The highest BCUT2D eigenvalue weighted by atomic mass is 32.2. The van der Waals surface area contributed by atoms with Crippen LogP contribution in [-0.2, 0) is 15.3 Å². The van der Waals surface area contributed by atoms with Gasteiger partial charge in [0.1, 0.15) is 11.6 Å². The highest BCUT2D eigenvalue weighted by molar-refractivity contribution is 7.98. The summed E-state index contributed by atoms with van der Waals surface area (Å²) in [4.78, 5) is 27.1. The standard InChI is InChI=1S/C15H19N3O6S/c1-15(2,3)23-14(21)16-9(13(19)20)7-25-8-11-17-12(18-24-11)10-5-4-6-22-10/h4-6,9H,7-8H2,1-3H3,(H,16,21)(H,19,20). The molecule has 0 aliphatic carbocycles. The van der Waals surface area contributed by atoms with Gasteiger partial charge < -0.3 is 24.1 Å². The normalized spacial score (nSPS) is 12.6. The Labute approximate surface area is 148 Å². The molecule has 0 bridgehead atoms. The topological polar surface area (TPSA) is 128 Å². The molecule has 0 aromatic carbocycles. The molecule has 2 heterocycles. The molecule has 0 spiro atoms. The highest BCUT2D eigenvalue weighted by Gasteiger charge is 2.24. The molecule has 1 atom stereocenters. The minimum absolute atomic E-state index is 0.118. The number of amides is 1. The summed E-state index contributed by atoms with van der Waals surface area (Å²) in [7, 11) is 0. The van der Waals surface area contributed by atoms with Crippen LogP contribution in [0.4, 0.5) is 4.79 Å². The number of alkyl carbamates (subject to hydrolysis) is 1. The third kappa shape index (κ3) is 6.14. The number of furan rings is 1. The predicted molar refractivity (Wildman–Crippen MR) is 89.0 cm³/mol. The molecule has 25 heavy (non-hydrogen) atoms. The molecule has 1 amide bonds. The quantitative estimate of drug-likeness (QED) is 0.756. The van der Waals surface area contributed by atoms with Crippen molar-refractivity contribution >= 4 is 23.8 Å². The lowest BCUT2D eigenvalue weighted by Crippen LogP contribution is -2.44. The molecule has 0 fully saturated rings. The first kappa shape index (κ1) is 18.8. The van der Waals surface area contributed by atoms with Gasteiger partial charge in [-0.1, -0.05) is 5.16 Å². The molecule has 0 saturated carbocycles. The van der Waals surface area contributed by atoms with Crippen molar-refractivity contribution in [3.05, 3.63) is 24.3 Å². The van der Waals surface area contributed by atoms with E-state index in [0.29, 0.717) is 23.2 Å². The Balaban J connectivity index is 1.83. The van der Waals surface area contributed by atoms with Crippen molar-refractivity contribution in [3.63, 3.8) is 0 Å². The van der Waals surface area contributed by atoms with Gasteiger partial charge in [0.25, 0.3) is 0 Å². The van der Waals surface area contributed by atoms with Gasteiger partial charge in [0, 0.05) is 5.75 Å². The van der Waals surface area contributed by atoms with E-state index in [9.17, 15) is 14.7 Å². The van der Waals surface area contributed by atoms with E-state index in [1.54, 1.807) is 32.9 Å². The molecule has 2 rings (SSSR count).